The number of aromatic nitrogens is 1. The number of nitrogens with zero attached hydrogens (tertiary/aromatic N) is 2. The normalized spacial score (nSPS) is 14.3. The molecular weight excluding hydrogens is 479 g/mol. The number of fused-ring (bicyclic) bond motifs is 2. The first-order chi connectivity index (χ1) is 18.2. The van der Waals surface area contributed by atoms with Crippen molar-refractivity contribution in [1.82, 2.24) is 9.47 Å². The van der Waals surface area contributed by atoms with Gasteiger partial charge in [-0.15, -0.1) is 0 Å². The molecular formula is C31H31FN4O2. The number of amides is 1. The Morgan fingerprint density at radius 3 is 2.53 bits per heavy atom. The summed E-state index contributed by atoms with van der Waals surface area (Å²) in [6.45, 7) is 5.07. The van der Waals surface area contributed by atoms with Gasteiger partial charge in [-0.3, -0.25) is 9.59 Å². The lowest BCUT2D eigenvalue weighted by Crippen LogP contribution is -2.24. The van der Waals surface area contributed by atoms with Gasteiger partial charge in [0, 0.05) is 47.0 Å². The van der Waals surface area contributed by atoms with Crippen molar-refractivity contribution in [2.45, 2.75) is 33.0 Å². The van der Waals surface area contributed by atoms with Crippen LogP contribution in [0.2, 0.25) is 0 Å². The zero-order valence-corrected chi connectivity index (χ0v) is 22.0. The Labute approximate surface area is 222 Å². The maximum Gasteiger partial charge on any atom is 0.256 e. The summed E-state index contributed by atoms with van der Waals surface area (Å²) in [6, 6.07) is 21.0. The maximum atomic E-state index is 14.0. The van der Waals surface area contributed by atoms with E-state index in [1.807, 2.05) is 45.3 Å². The van der Waals surface area contributed by atoms with Crippen molar-refractivity contribution >= 4 is 23.1 Å². The molecule has 0 aliphatic carbocycles. The minimum absolute atomic E-state index is 0.0474. The van der Waals surface area contributed by atoms with Crippen LogP contribution in [0.1, 0.15) is 54.8 Å². The van der Waals surface area contributed by atoms with Gasteiger partial charge in [-0.1, -0.05) is 24.3 Å². The molecule has 7 heteroatoms. The van der Waals surface area contributed by atoms with Crippen molar-refractivity contribution in [2.24, 2.45) is 0 Å². The lowest BCUT2D eigenvalue weighted by Gasteiger charge is -2.20. The Bertz CT molecular complexity index is 1540. The van der Waals surface area contributed by atoms with Gasteiger partial charge in [0.05, 0.1) is 0 Å². The predicted molar refractivity (Wildman–Crippen MR) is 148 cm³/mol. The highest BCUT2D eigenvalue weighted by molar-refractivity contribution is 6.06. The fourth-order valence-corrected chi connectivity index (χ4v) is 5.04. The molecule has 2 N–H and O–H groups in total. The molecule has 1 aromatic heterocycles. The molecule has 0 radical (unpaired) electrons. The SMILES string of the molecule is Cc1ccc(F)cc1C(=O)Nc1ccc(C(=O)C2Nc3ccccc3Cn3c(CN(C)C)ccc32)c(C)c1. The summed E-state index contributed by atoms with van der Waals surface area (Å²) < 4.78 is 15.9. The summed E-state index contributed by atoms with van der Waals surface area (Å²) in [5.41, 5.74) is 6.95. The second-order valence-corrected chi connectivity index (χ2v) is 10.1. The minimum atomic E-state index is -0.566. The Balaban J connectivity index is 1.45. The number of benzene rings is 3. The number of hydrogen-bond acceptors (Lipinski definition) is 4. The van der Waals surface area contributed by atoms with Crippen LogP contribution in [-0.2, 0) is 13.1 Å². The molecule has 1 unspecified atom stereocenters. The third-order valence-electron chi connectivity index (χ3n) is 6.98. The van der Waals surface area contributed by atoms with E-state index in [1.54, 1.807) is 31.2 Å². The van der Waals surface area contributed by atoms with E-state index in [2.05, 4.69) is 32.2 Å². The quantitative estimate of drug-likeness (QED) is 0.314. The highest BCUT2D eigenvalue weighted by atomic mass is 19.1. The molecule has 0 bridgehead atoms. The molecule has 1 aliphatic heterocycles. The van der Waals surface area contributed by atoms with Crippen LogP contribution in [0.5, 0.6) is 0 Å². The van der Waals surface area contributed by atoms with E-state index >= 15 is 0 Å². The van der Waals surface area contributed by atoms with Crippen LogP contribution in [0.3, 0.4) is 0 Å². The van der Waals surface area contributed by atoms with Crippen LogP contribution >= 0.6 is 0 Å². The largest absolute Gasteiger partial charge is 0.370 e. The Kier molecular flexibility index (Phi) is 6.87. The van der Waals surface area contributed by atoms with Crippen LogP contribution in [0.25, 0.3) is 0 Å². The molecule has 0 spiro atoms. The zero-order valence-electron chi connectivity index (χ0n) is 22.0. The molecule has 0 saturated carbocycles. The number of carbonyl (C=O) groups is 2. The van der Waals surface area contributed by atoms with Crippen molar-refractivity contribution in [3.05, 3.63) is 118 Å². The second-order valence-electron chi connectivity index (χ2n) is 10.1. The molecule has 5 rings (SSSR count). The van der Waals surface area contributed by atoms with Crippen molar-refractivity contribution in [3.63, 3.8) is 0 Å². The van der Waals surface area contributed by atoms with Crippen LogP contribution in [0.15, 0.2) is 72.8 Å². The molecule has 4 aromatic rings. The molecule has 1 amide bonds. The van der Waals surface area contributed by atoms with Crippen molar-refractivity contribution in [1.29, 1.82) is 0 Å². The van der Waals surface area contributed by atoms with Gasteiger partial charge in [0.2, 0.25) is 0 Å². The van der Waals surface area contributed by atoms with E-state index in [0.29, 0.717) is 23.4 Å². The lowest BCUT2D eigenvalue weighted by atomic mass is 9.96. The number of Topliss-reactive ketones (excluding diaryl/α,β-unsaturated/α-hetero) is 1. The third-order valence-corrected chi connectivity index (χ3v) is 6.98. The van der Waals surface area contributed by atoms with Gasteiger partial charge >= 0.3 is 0 Å². The first kappa shape index (κ1) is 25.4. The number of rotatable bonds is 6. The Morgan fingerprint density at radius 2 is 1.76 bits per heavy atom. The highest BCUT2D eigenvalue weighted by Gasteiger charge is 2.30. The number of hydrogen-bond donors (Lipinski definition) is 2. The summed E-state index contributed by atoms with van der Waals surface area (Å²) in [6.07, 6.45) is 0. The molecule has 1 atom stereocenters. The van der Waals surface area contributed by atoms with E-state index < -0.39 is 17.8 Å². The average Bonchev–Trinajstić information content (AvgIpc) is 3.16. The zero-order chi connectivity index (χ0) is 27.0. The second kappa shape index (κ2) is 10.3. The van der Waals surface area contributed by atoms with Crippen LogP contribution in [0, 0.1) is 19.7 Å². The molecule has 0 saturated heterocycles. The standard InChI is InChI=1S/C31H31FN4O2/c1-19-9-10-22(32)16-26(19)31(38)33-23-11-13-25(20(2)15-23)30(37)29-28-14-12-24(18-35(3)4)36(28)17-21-7-5-6-8-27(21)34-29/h5-16,29,34H,17-18H2,1-4H3,(H,33,38). The monoisotopic (exact) mass is 510 g/mol. The predicted octanol–water partition coefficient (Wildman–Crippen LogP) is 5.96. The fourth-order valence-electron chi connectivity index (χ4n) is 5.04. The average molecular weight is 511 g/mol. The molecule has 194 valence electrons. The van der Waals surface area contributed by atoms with Crippen molar-refractivity contribution < 1.29 is 14.0 Å². The van der Waals surface area contributed by atoms with Gasteiger partial charge in [-0.2, -0.15) is 0 Å². The van der Waals surface area contributed by atoms with Gasteiger partial charge in [0.1, 0.15) is 11.9 Å². The molecule has 3 aromatic carbocycles. The van der Waals surface area contributed by atoms with Crippen LogP contribution in [-0.4, -0.2) is 35.3 Å². The summed E-state index contributed by atoms with van der Waals surface area (Å²) in [5, 5.41) is 6.33. The van der Waals surface area contributed by atoms with Crippen LogP contribution in [0.4, 0.5) is 15.8 Å². The first-order valence-corrected chi connectivity index (χ1v) is 12.6. The summed E-state index contributed by atoms with van der Waals surface area (Å²) in [7, 11) is 4.07. The number of anilines is 2. The van der Waals surface area contributed by atoms with E-state index in [1.165, 1.54) is 12.1 Å². The van der Waals surface area contributed by atoms with E-state index in [9.17, 15) is 14.0 Å². The summed E-state index contributed by atoms with van der Waals surface area (Å²) in [5.74, 6) is -0.906. The van der Waals surface area contributed by atoms with Gasteiger partial charge in [0.25, 0.3) is 5.91 Å². The smallest absolute Gasteiger partial charge is 0.256 e. The number of ketones is 1. The summed E-state index contributed by atoms with van der Waals surface area (Å²) in [4.78, 5) is 28.9. The molecule has 0 fully saturated rings. The van der Waals surface area contributed by atoms with E-state index in [0.717, 1.165) is 34.7 Å². The Hall–Kier alpha value is -4.23. The number of nitrogens with one attached hydrogen (secondary N) is 2. The molecule has 1 aliphatic rings. The number of carbonyl (C=O) groups excluding carboxylic acids is 2. The van der Waals surface area contributed by atoms with Gasteiger partial charge in [-0.25, -0.2) is 4.39 Å². The third kappa shape index (κ3) is 4.97. The topological polar surface area (TPSA) is 66.4 Å². The number of para-hydroxylation sites is 1. The van der Waals surface area contributed by atoms with Gasteiger partial charge < -0.3 is 20.1 Å². The molecule has 2 heterocycles. The van der Waals surface area contributed by atoms with Crippen molar-refractivity contribution in [3.8, 4) is 0 Å². The molecule has 6 nitrogen and oxygen atoms in total. The van der Waals surface area contributed by atoms with Crippen molar-refractivity contribution in [2.75, 3.05) is 24.7 Å². The Morgan fingerprint density at radius 1 is 0.974 bits per heavy atom. The van der Waals surface area contributed by atoms with E-state index in [-0.39, 0.29) is 11.3 Å². The van der Waals surface area contributed by atoms with Gasteiger partial charge in [-0.05, 0) is 93.2 Å². The molecule has 38 heavy (non-hydrogen) atoms. The fraction of sp³-hybridized carbons (Fsp3) is 0.226. The lowest BCUT2D eigenvalue weighted by molar-refractivity contribution is 0.0965. The minimum Gasteiger partial charge on any atom is -0.370 e. The first-order valence-electron chi connectivity index (χ1n) is 12.6. The van der Waals surface area contributed by atoms with E-state index in [4.69, 9.17) is 0 Å². The number of aryl methyl sites for hydroxylation is 2. The summed E-state index contributed by atoms with van der Waals surface area (Å²) >= 11 is 0. The highest BCUT2D eigenvalue weighted by Crippen LogP contribution is 2.33. The van der Waals surface area contributed by atoms with Gasteiger partial charge in [0.15, 0.2) is 5.78 Å². The maximum absolute atomic E-state index is 14.0. The van der Waals surface area contributed by atoms with Crippen LogP contribution < -0.4 is 10.6 Å². The number of halogens is 1.